The zero-order chi connectivity index (χ0) is 12.3. The third-order valence-corrected chi connectivity index (χ3v) is 2.70. The van der Waals surface area contributed by atoms with Crippen LogP contribution in [0.4, 0.5) is 4.39 Å². The summed E-state index contributed by atoms with van der Waals surface area (Å²) in [7, 11) is 1.87. The van der Waals surface area contributed by atoms with Crippen molar-refractivity contribution in [3.63, 3.8) is 0 Å². The third kappa shape index (κ3) is 2.91. The molecule has 1 atom stereocenters. The maximum Gasteiger partial charge on any atom is 0.138 e. The highest BCUT2D eigenvalue weighted by Gasteiger charge is 2.13. The first-order valence-electron chi connectivity index (χ1n) is 5.54. The van der Waals surface area contributed by atoms with Crippen LogP contribution in [0, 0.1) is 12.7 Å². The van der Waals surface area contributed by atoms with E-state index in [1.165, 1.54) is 12.1 Å². The largest absolute Gasteiger partial charge is 0.361 e. The molecule has 0 aliphatic rings. The minimum absolute atomic E-state index is 0.1000. The van der Waals surface area contributed by atoms with Crippen LogP contribution in [-0.2, 0) is 6.42 Å². The maximum atomic E-state index is 12.8. The number of aromatic nitrogens is 1. The van der Waals surface area contributed by atoms with Gasteiger partial charge in [0.1, 0.15) is 11.6 Å². The van der Waals surface area contributed by atoms with Crippen LogP contribution < -0.4 is 5.32 Å². The summed E-state index contributed by atoms with van der Waals surface area (Å²) in [6.45, 7) is 1.89. The van der Waals surface area contributed by atoms with Gasteiger partial charge in [-0.25, -0.2) is 4.39 Å². The molecular weight excluding hydrogens is 219 g/mol. The van der Waals surface area contributed by atoms with Gasteiger partial charge in [0.2, 0.25) is 0 Å². The van der Waals surface area contributed by atoms with Crippen LogP contribution in [0.3, 0.4) is 0 Å². The lowest BCUT2D eigenvalue weighted by atomic mass is 10.0. The average molecular weight is 234 g/mol. The molecule has 3 nitrogen and oxygen atoms in total. The Kier molecular flexibility index (Phi) is 3.54. The minimum atomic E-state index is -0.223. The van der Waals surface area contributed by atoms with E-state index < -0.39 is 0 Å². The summed E-state index contributed by atoms with van der Waals surface area (Å²) in [5.74, 6) is 0.602. The number of hydrogen-bond acceptors (Lipinski definition) is 3. The van der Waals surface area contributed by atoms with E-state index in [0.717, 1.165) is 17.0 Å². The van der Waals surface area contributed by atoms with Crippen LogP contribution in [0.5, 0.6) is 0 Å². The Labute approximate surface area is 99.6 Å². The van der Waals surface area contributed by atoms with Gasteiger partial charge in [0.05, 0.1) is 5.69 Å². The standard InChI is InChI=1S/C13H15FN2O/c1-9-7-12(17-16-9)8-13(15-2)10-3-5-11(14)6-4-10/h3-7,13,15H,8H2,1-2H3. The Morgan fingerprint density at radius 1 is 1.35 bits per heavy atom. The van der Waals surface area contributed by atoms with Crippen LogP contribution in [0.25, 0.3) is 0 Å². The second kappa shape index (κ2) is 5.10. The molecule has 1 aromatic heterocycles. The highest BCUT2D eigenvalue weighted by Crippen LogP contribution is 2.18. The summed E-state index contributed by atoms with van der Waals surface area (Å²) >= 11 is 0. The first-order chi connectivity index (χ1) is 8.19. The van der Waals surface area contributed by atoms with Gasteiger partial charge in [-0.2, -0.15) is 0 Å². The predicted molar refractivity (Wildman–Crippen MR) is 63.1 cm³/mol. The van der Waals surface area contributed by atoms with Crippen LogP contribution in [0.2, 0.25) is 0 Å². The molecule has 1 unspecified atom stereocenters. The quantitative estimate of drug-likeness (QED) is 0.883. The van der Waals surface area contributed by atoms with Gasteiger partial charge in [0.15, 0.2) is 0 Å². The Morgan fingerprint density at radius 3 is 2.59 bits per heavy atom. The molecule has 90 valence electrons. The van der Waals surface area contributed by atoms with Gasteiger partial charge < -0.3 is 9.84 Å². The predicted octanol–water partition coefficient (Wildman–Crippen LogP) is 2.63. The molecule has 0 aliphatic carbocycles. The number of aryl methyl sites for hydroxylation is 1. The maximum absolute atomic E-state index is 12.8. The number of benzene rings is 1. The van der Waals surface area contributed by atoms with Gasteiger partial charge in [-0.1, -0.05) is 17.3 Å². The molecule has 4 heteroatoms. The number of hydrogen-bond donors (Lipinski definition) is 1. The monoisotopic (exact) mass is 234 g/mol. The Hall–Kier alpha value is -1.68. The molecule has 1 N–H and O–H groups in total. The number of nitrogens with one attached hydrogen (secondary N) is 1. The lowest BCUT2D eigenvalue weighted by Crippen LogP contribution is -2.18. The molecule has 2 rings (SSSR count). The molecule has 0 saturated heterocycles. The number of rotatable bonds is 4. The highest BCUT2D eigenvalue weighted by molar-refractivity contribution is 5.21. The van der Waals surface area contributed by atoms with Crippen LogP contribution in [0.1, 0.15) is 23.1 Å². The zero-order valence-electron chi connectivity index (χ0n) is 9.90. The fourth-order valence-corrected chi connectivity index (χ4v) is 1.80. The number of halogens is 1. The first-order valence-corrected chi connectivity index (χ1v) is 5.54. The van der Waals surface area contributed by atoms with E-state index in [9.17, 15) is 4.39 Å². The zero-order valence-corrected chi connectivity index (χ0v) is 9.90. The van der Waals surface area contributed by atoms with Crippen LogP contribution in [0.15, 0.2) is 34.9 Å². The molecule has 0 spiro atoms. The minimum Gasteiger partial charge on any atom is -0.361 e. The first kappa shape index (κ1) is 11.8. The molecule has 1 heterocycles. The Balaban J connectivity index is 2.13. The van der Waals surface area contributed by atoms with E-state index >= 15 is 0 Å². The molecule has 1 aromatic carbocycles. The van der Waals surface area contributed by atoms with E-state index in [-0.39, 0.29) is 11.9 Å². The molecule has 0 radical (unpaired) electrons. The smallest absolute Gasteiger partial charge is 0.138 e. The molecule has 0 aliphatic heterocycles. The fourth-order valence-electron chi connectivity index (χ4n) is 1.80. The molecule has 0 fully saturated rings. The van der Waals surface area contributed by atoms with Crippen molar-refractivity contribution in [2.24, 2.45) is 0 Å². The Morgan fingerprint density at radius 2 is 2.06 bits per heavy atom. The van der Waals surface area contributed by atoms with Crippen LogP contribution >= 0.6 is 0 Å². The molecule has 2 aromatic rings. The molecule has 0 bridgehead atoms. The lowest BCUT2D eigenvalue weighted by molar-refractivity contribution is 0.365. The van der Waals surface area contributed by atoms with E-state index in [2.05, 4.69) is 10.5 Å². The van der Waals surface area contributed by atoms with Crippen molar-refractivity contribution in [1.82, 2.24) is 10.5 Å². The van der Waals surface area contributed by atoms with E-state index in [1.807, 2.05) is 20.0 Å². The van der Waals surface area contributed by atoms with Gasteiger partial charge in [0, 0.05) is 18.5 Å². The average Bonchev–Trinajstić information content (AvgIpc) is 2.73. The van der Waals surface area contributed by atoms with E-state index in [1.54, 1.807) is 12.1 Å². The van der Waals surface area contributed by atoms with Crippen molar-refractivity contribution in [2.75, 3.05) is 7.05 Å². The Bertz CT molecular complexity index is 478. The molecule has 17 heavy (non-hydrogen) atoms. The normalized spacial score (nSPS) is 12.6. The second-order valence-electron chi connectivity index (χ2n) is 4.03. The molecular formula is C13H15FN2O. The summed E-state index contributed by atoms with van der Waals surface area (Å²) in [6, 6.07) is 8.49. The highest BCUT2D eigenvalue weighted by atomic mass is 19.1. The van der Waals surface area contributed by atoms with Crippen molar-refractivity contribution >= 4 is 0 Å². The summed E-state index contributed by atoms with van der Waals surface area (Å²) in [4.78, 5) is 0. The van der Waals surface area contributed by atoms with Gasteiger partial charge in [-0.15, -0.1) is 0 Å². The van der Waals surface area contributed by atoms with Gasteiger partial charge in [-0.05, 0) is 31.7 Å². The van der Waals surface area contributed by atoms with Gasteiger partial charge >= 0.3 is 0 Å². The number of likely N-dealkylation sites (N-methyl/N-ethyl adjacent to an activating group) is 1. The summed E-state index contributed by atoms with van der Waals surface area (Å²) in [5, 5.41) is 7.03. The molecule has 0 amide bonds. The van der Waals surface area contributed by atoms with Crippen molar-refractivity contribution in [3.8, 4) is 0 Å². The summed E-state index contributed by atoms with van der Waals surface area (Å²) in [6.07, 6.45) is 0.697. The van der Waals surface area contributed by atoms with Gasteiger partial charge in [0.25, 0.3) is 0 Å². The van der Waals surface area contributed by atoms with E-state index in [0.29, 0.717) is 6.42 Å². The van der Waals surface area contributed by atoms with Crippen molar-refractivity contribution in [2.45, 2.75) is 19.4 Å². The van der Waals surface area contributed by atoms with Crippen LogP contribution in [-0.4, -0.2) is 12.2 Å². The van der Waals surface area contributed by atoms with E-state index in [4.69, 9.17) is 4.52 Å². The summed E-state index contributed by atoms with van der Waals surface area (Å²) < 4.78 is 18.0. The summed E-state index contributed by atoms with van der Waals surface area (Å²) in [5.41, 5.74) is 1.90. The van der Waals surface area contributed by atoms with Gasteiger partial charge in [-0.3, -0.25) is 0 Å². The lowest BCUT2D eigenvalue weighted by Gasteiger charge is -2.14. The van der Waals surface area contributed by atoms with Crippen molar-refractivity contribution < 1.29 is 8.91 Å². The fraction of sp³-hybridized carbons (Fsp3) is 0.308. The number of nitrogens with zero attached hydrogens (tertiary/aromatic N) is 1. The second-order valence-corrected chi connectivity index (χ2v) is 4.03. The SMILES string of the molecule is CNC(Cc1cc(C)no1)c1ccc(F)cc1. The molecule has 0 saturated carbocycles. The van der Waals surface area contributed by atoms with Crippen molar-refractivity contribution in [1.29, 1.82) is 0 Å². The topological polar surface area (TPSA) is 38.1 Å². The third-order valence-electron chi connectivity index (χ3n) is 2.70. The van der Waals surface area contributed by atoms with Crippen molar-refractivity contribution in [3.05, 3.63) is 53.2 Å².